The van der Waals surface area contributed by atoms with E-state index in [-0.39, 0.29) is 6.10 Å². The van der Waals surface area contributed by atoms with Gasteiger partial charge in [0.25, 0.3) is 0 Å². The minimum Gasteiger partial charge on any atom is -0.393 e. The Morgan fingerprint density at radius 2 is 2.24 bits per heavy atom. The molecule has 0 amide bonds. The average Bonchev–Trinajstić information content (AvgIpc) is 2.80. The lowest BCUT2D eigenvalue weighted by Crippen LogP contribution is -2.32. The lowest BCUT2D eigenvalue weighted by atomic mass is 10.1. The van der Waals surface area contributed by atoms with Gasteiger partial charge >= 0.3 is 0 Å². The number of aliphatic hydroxyl groups excluding tert-OH is 1. The molecule has 1 N–H and O–H groups in total. The average molecular weight is 238 g/mol. The van der Waals surface area contributed by atoms with E-state index < -0.39 is 0 Å². The summed E-state index contributed by atoms with van der Waals surface area (Å²) in [6.07, 6.45) is 3.04. The molecule has 1 saturated heterocycles. The SMILES string of the molecule is Cc1nnc(CN2CCCC2CC(C)O)n1C. The first-order chi connectivity index (χ1) is 8.08. The van der Waals surface area contributed by atoms with Crippen LogP contribution in [0.1, 0.15) is 37.8 Å². The minimum atomic E-state index is -0.221. The predicted octanol–water partition coefficient (Wildman–Crippen LogP) is 0.859. The summed E-state index contributed by atoms with van der Waals surface area (Å²) in [6, 6.07) is 0.493. The zero-order valence-electron chi connectivity index (χ0n) is 10.9. The maximum absolute atomic E-state index is 9.50. The van der Waals surface area contributed by atoms with E-state index in [2.05, 4.69) is 15.1 Å². The molecular weight excluding hydrogens is 216 g/mol. The predicted molar refractivity (Wildman–Crippen MR) is 65.5 cm³/mol. The van der Waals surface area contributed by atoms with Crippen molar-refractivity contribution >= 4 is 0 Å². The van der Waals surface area contributed by atoms with Crippen LogP contribution in [0, 0.1) is 6.92 Å². The maximum Gasteiger partial charge on any atom is 0.146 e. The highest BCUT2D eigenvalue weighted by molar-refractivity contribution is 4.94. The Kier molecular flexibility index (Phi) is 3.79. The number of aliphatic hydroxyl groups is 1. The van der Waals surface area contributed by atoms with E-state index in [0.29, 0.717) is 6.04 Å². The van der Waals surface area contributed by atoms with Gasteiger partial charge in [0.15, 0.2) is 0 Å². The largest absolute Gasteiger partial charge is 0.393 e. The summed E-state index contributed by atoms with van der Waals surface area (Å²) in [6.45, 7) is 5.77. The van der Waals surface area contributed by atoms with Crippen molar-refractivity contribution in [1.82, 2.24) is 19.7 Å². The molecule has 0 aliphatic carbocycles. The van der Waals surface area contributed by atoms with Crippen LogP contribution >= 0.6 is 0 Å². The molecule has 2 unspecified atom stereocenters. The van der Waals surface area contributed by atoms with Gasteiger partial charge in [-0.15, -0.1) is 10.2 Å². The molecule has 1 aromatic rings. The van der Waals surface area contributed by atoms with E-state index in [0.717, 1.165) is 31.2 Å². The van der Waals surface area contributed by atoms with Gasteiger partial charge in [-0.25, -0.2) is 0 Å². The van der Waals surface area contributed by atoms with Crippen molar-refractivity contribution in [2.24, 2.45) is 7.05 Å². The first-order valence-electron chi connectivity index (χ1n) is 6.35. The van der Waals surface area contributed by atoms with Gasteiger partial charge in [0.1, 0.15) is 11.6 Å². The van der Waals surface area contributed by atoms with Crippen molar-refractivity contribution in [2.45, 2.75) is 51.8 Å². The molecular formula is C12H22N4O. The normalized spacial score (nSPS) is 23.2. The highest BCUT2D eigenvalue weighted by Gasteiger charge is 2.26. The number of hydrogen-bond acceptors (Lipinski definition) is 4. The third-order valence-electron chi connectivity index (χ3n) is 3.64. The molecule has 1 aliphatic heterocycles. The Labute approximate surface area is 102 Å². The number of hydrogen-bond donors (Lipinski definition) is 1. The van der Waals surface area contributed by atoms with E-state index in [1.807, 2.05) is 25.5 Å². The standard InChI is InChI=1S/C12H22N4O/c1-9(17)7-11-5-4-6-16(11)8-12-14-13-10(2)15(12)3/h9,11,17H,4-8H2,1-3H3. The third kappa shape index (κ3) is 2.84. The molecule has 1 aliphatic rings. The molecule has 1 aromatic heterocycles. The van der Waals surface area contributed by atoms with E-state index >= 15 is 0 Å². The smallest absolute Gasteiger partial charge is 0.146 e. The molecule has 2 rings (SSSR count). The monoisotopic (exact) mass is 238 g/mol. The number of aryl methyl sites for hydroxylation is 1. The second-order valence-electron chi connectivity index (χ2n) is 5.07. The highest BCUT2D eigenvalue weighted by Crippen LogP contribution is 2.23. The third-order valence-corrected chi connectivity index (χ3v) is 3.64. The molecule has 17 heavy (non-hydrogen) atoms. The van der Waals surface area contributed by atoms with Crippen molar-refractivity contribution in [3.63, 3.8) is 0 Å². The van der Waals surface area contributed by atoms with Crippen LogP contribution in [0.2, 0.25) is 0 Å². The van der Waals surface area contributed by atoms with Gasteiger partial charge in [0.05, 0.1) is 12.6 Å². The Morgan fingerprint density at radius 1 is 1.47 bits per heavy atom. The zero-order chi connectivity index (χ0) is 12.4. The molecule has 96 valence electrons. The summed E-state index contributed by atoms with van der Waals surface area (Å²) < 4.78 is 2.04. The van der Waals surface area contributed by atoms with E-state index in [1.165, 1.54) is 12.8 Å². The van der Waals surface area contributed by atoms with Crippen molar-refractivity contribution in [3.8, 4) is 0 Å². The number of nitrogens with zero attached hydrogens (tertiary/aromatic N) is 4. The molecule has 5 heteroatoms. The van der Waals surface area contributed by atoms with E-state index in [1.54, 1.807) is 0 Å². The summed E-state index contributed by atoms with van der Waals surface area (Å²) >= 11 is 0. The molecule has 0 bridgehead atoms. The summed E-state index contributed by atoms with van der Waals surface area (Å²) in [7, 11) is 2.00. The summed E-state index contributed by atoms with van der Waals surface area (Å²) in [5, 5.41) is 17.8. The fourth-order valence-corrected chi connectivity index (χ4v) is 2.53. The fourth-order valence-electron chi connectivity index (χ4n) is 2.53. The molecule has 0 aromatic carbocycles. The van der Waals surface area contributed by atoms with Crippen molar-refractivity contribution < 1.29 is 5.11 Å². The quantitative estimate of drug-likeness (QED) is 0.845. The Balaban J connectivity index is 2.00. The van der Waals surface area contributed by atoms with Crippen LogP contribution in [-0.4, -0.2) is 43.5 Å². The van der Waals surface area contributed by atoms with Crippen molar-refractivity contribution in [1.29, 1.82) is 0 Å². The Morgan fingerprint density at radius 3 is 2.82 bits per heavy atom. The van der Waals surface area contributed by atoms with Crippen LogP contribution < -0.4 is 0 Å². The van der Waals surface area contributed by atoms with Gasteiger partial charge < -0.3 is 9.67 Å². The molecule has 2 atom stereocenters. The fraction of sp³-hybridized carbons (Fsp3) is 0.833. The van der Waals surface area contributed by atoms with Crippen LogP contribution in [0.25, 0.3) is 0 Å². The summed E-state index contributed by atoms with van der Waals surface area (Å²) in [4.78, 5) is 2.41. The first-order valence-corrected chi connectivity index (χ1v) is 6.35. The van der Waals surface area contributed by atoms with E-state index in [4.69, 9.17) is 0 Å². The van der Waals surface area contributed by atoms with Gasteiger partial charge in [-0.05, 0) is 39.7 Å². The Hall–Kier alpha value is -0.940. The lowest BCUT2D eigenvalue weighted by Gasteiger charge is -2.24. The number of likely N-dealkylation sites (tertiary alicyclic amines) is 1. The second kappa shape index (κ2) is 5.14. The second-order valence-corrected chi connectivity index (χ2v) is 5.07. The topological polar surface area (TPSA) is 54.2 Å². The van der Waals surface area contributed by atoms with E-state index in [9.17, 15) is 5.11 Å². The lowest BCUT2D eigenvalue weighted by molar-refractivity contribution is 0.129. The molecule has 0 saturated carbocycles. The molecule has 1 fully saturated rings. The zero-order valence-corrected chi connectivity index (χ0v) is 10.9. The van der Waals surface area contributed by atoms with Crippen LogP contribution in [-0.2, 0) is 13.6 Å². The first kappa shape index (κ1) is 12.5. The molecule has 5 nitrogen and oxygen atoms in total. The number of rotatable bonds is 4. The molecule has 2 heterocycles. The van der Waals surface area contributed by atoms with Gasteiger partial charge in [-0.3, -0.25) is 4.90 Å². The van der Waals surface area contributed by atoms with Crippen LogP contribution in [0.4, 0.5) is 0 Å². The van der Waals surface area contributed by atoms with Gasteiger partial charge in [-0.2, -0.15) is 0 Å². The van der Waals surface area contributed by atoms with Gasteiger partial charge in [0.2, 0.25) is 0 Å². The number of aromatic nitrogens is 3. The minimum absolute atomic E-state index is 0.221. The van der Waals surface area contributed by atoms with Crippen molar-refractivity contribution in [2.75, 3.05) is 6.54 Å². The molecule has 0 spiro atoms. The maximum atomic E-state index is 9.50. The summed E-state index contributed by atoms with van der Waals surface area (Å²) in [5.74, 6) is 1.96. The Bertz CT molecular complexity index is 375. The van der Waals surface area contributed by atoms with Crippen LogP contribution in [0.15, 0.2) is 0 Å². The highest BCUT2D eigenvalue weighted by atomic mass is 16.3. The van der Waals surface area contributed by atoms with Crippen LogP contribution in [0.3, 0.4) is 0 Å². The van der Waals surface area contributed by atoms with Gasteiger partial charge in [-0.1, -0.05) is 0 Å². The summed E-state index contributed by atoms with van der Waals surface area (Å²) in [5.41, 5.74) is 0. The van der Waals surface area contributed by atoms with Gasteiger partial charge in [0, 0.05) is 13.1 Å². The van der Waals surface area contributed by atoms with Crippen LogP contribution in [0.5, 0.6) is 0 Å². The molecule has 0 radical (unpaired) electrons. The van der Waals surface area contributed by atoms with Crippen molar-refractivity contribution in [3.05, 3.63) is 11.6 Å².